The predicted octanol–water partition coefficient (Wildman–Crippen LogP) is 1.87. The van der Waals surface area contributed by atoms with Crippen molar-refractivity contribution in [2.24, 2.45) is 0 Å². The second kappa shape index (κ2) is 3.98. The molecule has 0 saturated carbocycles. The summed E-state index contributed by atoms with van der Waals surface area (Å²) >= 11 is 0. The summed E-state index contributed by atoms with van der Waals surface area (Å²) in [7, 11) is 0. The fraction of sp³-hybridized carbons (Fsp3) is 0.167. The van der Waals surface area contributed by atoms with Crippen molar-refractivity contribution >= 4 is 0 Å². The molecular weight excluding hydrogens is 207 g/mol. The predicted molar refractivity (Wildman–Crippen MR) is 57.1 cm³/mol. The molecule has 1 atom stereocenters. The van der Waals surface area contributed by atoms with Crippen LogP contribution in [0.15, 0.2) is 42.9 Å². The molecule has 2 rings (SSSR count). The maximum Gasteiger partial charge on any atom is 0.130 e. The third-order valence-electron chi connectivity index (χ3n) is 2.47. The number of benzene rings is 1. The van der Waals surface area contributed by atoms with Gasteiger partial charge in [0.15, 0.2) is 0 Å². The van der Waals surface area contributed by atoms with Crippen LogP contribution in [0, 0.1) is 5.82 Å². The van der Waals surface area contributed by atoms with E-state index >= 15 is 0 Å². The number of aliphatic hydroxyl groups is 1. The molecule has 0 radical (unpaired) electrons. The summed E-state index contributed by atoms with van der Waals surface area (Å²) in [5.41, 5.74) is -0.252. The van der Waals surface area contributed by atoms with E-state index in [9.17, 15) is 9.50 Å². The van der Waals surface area contributed by atoms with Gasteiger partial charge >= 0.3 is 0 Å². The molecule has 0 fully saturated rings. The highest BCUT2D eigenvalue weighted by Crippen LogP contribution is 2.26. The zero-order chi connectivity index (χ0) is 11.6. The normalized spacial score (nSPS) is 14.4. The van der Waals surface area contributed by atoms with Crippen LogP contribution in [-0.2, 0) is 5.60 Å². The Morgan fingerprint density at radius 3 is 2.44 bits per heavy atom. The van der Waals surface area contributed by atoms with E-state index in [0.29, 0.717) is 11.3 Å². The fourth-order valence-corrected chi connectivity index (χ4v) is 1.47. The van der Waals surface area contributed by atoms with Gasteiger partial charge in [0, 0.05) is 12.4 Å². The SMILES string of the molecule is CC(O)(c1ccc(F)cc1)c1cnccn1. The maximum atomic E-state index is 12.8. The van der Waals surface area contributed by atoms with Gasteiger partial charge in [-0.15, -0.1) is 0 Å². The molecule has 0 bridgehead atoms. The van der Waals surface area contributed by atoms with E-state index in [0.717, 1.165) is 0 Å². The highest BCUT2D eigenvalue weighted by atomic mass is 19.1. The Morgan fingerprint density at radius 2 is 1.88 bits per heavy atom. The Hall–Kier alpha value is -1.81. The molecule has 2 aromatic rings. The van der Waals surface area contributed by atoms with Crippen molar-refractivity contribution in [2.45, 2.75) is 12.5 Å². The first-order chi connectivity index (χ1) is 7.60. The van der Waals surface area contributed by atoms with Crippen molar-refractivity contribution in [3.05, 3.63) is 59.9 Å². The van der Waals surface area contributed by atoms with E-state index in [1.807, 2.05) is 0 Å². The molecule has 82 valence electrons. The zero-order valence-electron chi connectivity index (χ0n) is 8.76. The summed E-state index contributed by atoms with van der Waals surface area (Å²) < 4.78 is 12.8. The minimum absolute atomic E-state index is 0.335. The lowest BCUT2D eigenvalue weighted by Gasteiger charge is -2.22. The molecule has 1 aromatic carbocycles. The molecule has 1 unspecified atom stereocenters. The molecular formula is C12H11FN2O. The molecule has 1 heterocycles. The monoisotopic (exact) mass is 218 g/mol. The van der Waals surface area contributed by atoms with Crippen LogP contribution in [0.5, 0.6) is 0 Å². The van der Waals surface area contributed by atoms with Gasteiger partial charge in [-0.25, -0.2) is 4.39 Å². The Bertz CT molecular complexity index is 468. The lowest BCUT2D eigenvalue weighted by atomic mass is 9.93. The van der Waals surface area contributed by atoms with Gasteiger partial charge in [0.2, 0.25) is 0 Å². The van der Waals surface area contributed by atoms with Gasteiger partial charge in [-0.3, -0.25) is 9.97 Å². The van der Waals surface area contributed by atoms with Crippen molar-refractivity contribution in [3.8, 4) is 0 Å². The number of rotatable bonds is 2. The van der Waals surface area contributed by atoms with E-state index in [1.54, 1.807) is 6.92 Å². The number of halogens is 1. The second-order valence-corrected chi connectivity index (χ2v) is 3.67. The van der Waals surface area contributed by atoms with Crippen LogP contribution in [0.3, 0.4) is 0 Å². The summed E-state index contributed by atoms with van der Waals surface area (Å²) in [6, 6.07) is 5.67. The number of aromatic nitrogens is 2. The third-order valence-corrected chi connectivity index (χ3v) is 2.47. The van der Waals surface area contributed by atoms with Gasteiger partial charge in [0.25, 0.3) is 0 Å². The van der Waals surface area contributed by atoms with Gasteiger partial charge in [-0.05, 0) is 24.6 Å². The molecule has 1 aromatic heterocycles. The van der Waals surface area contributed by atoms with Gasteiger partial charge in [0.1, 0.15) is 11.4 Å². The van der Waals surface area contributed by atoms with Crippen LogP contribution in [-0.4, -0.2) is 15.1 Å². The summed E-state index contributed by atoms with van der Waals surface area (Å²) in [6.45, 7) is 1.60. The van der Waals surface area contributed by atoms with Crippen LogP contribution in [0.2, 0.25) is 0 Å². The average molecular weight is 218 g/mol. The number of hydrogen-bond acceptors (Lipinski definition) is 3. The maximum absolute atomic E-state index is 12.8. The van der Waals surface area contributed by atoms with Gasteiger partial charge in [0.05, 0.1) is 11.9 Å². The molecule has 1 N–H and O–H groups in total. The molecule has 3 nitrogen and oxygen atoms in total. The van der Waals surface area contributed by atoms with Crippen molar-refractivity contribution in [1.29, 1.82) is 0 Å². The van der Waals surface area contributed by atoms with Crippen molar-refractivity contribution in [2.75, 3.05) is 0 Å². The molecule has 16 heavy (non-hydrogen) atoms. The average Bonchev–Trinajstić information content (AvgIpc) is 2.31. The minimum atomic E-state index is -1.26. The molecule has 0 aliphatic heterocycles. The van der Waals surface area contributed by atoms with E-state index in [-0.39, 0.29) is 5.82 Å². The summed E-state index contributed by atoms with van der Waals surface area (Å²) in [5, 5.41) is 10.3. The lowest BCUT2D eigenvalue weighted by Crippen LogP contribution is -2.24. The van der Waals surface area contributed by atoms with Crippen molar-refractivity contribution in [1.82, 2.24) is 9.97 Å². The molecule has 0 amide bonds. The Kier molecular flexibility index (Phi) is 2.66. The molecule has 0 spiro atoms. The van der Waals surface area contributed by atoms with E-state index in [2.05, 4.69) is 9.97 Å². The highest BCUT2D eigenvalue weighted by molar-refractivity contribution is 5.30. The first kappa shape index (κ1) is 10.7. The standard InChI is InChI=1S/C12H11FN2O/c1-12(16,11-8-14-6-7-15-11)9-2-4-10(13)5-3-9/h2-8,16H,1H3. The largest absolute Gasteiger partial charge is 0.379 e. The summed E-state index contributed by atoms with van der Waals surface area (Å²) in [6.07, 6.45) is 4.53. The lowest BCUT2D eigenvalue weighted by molar-refractivity contribution is 0.0969. The molecule has 4 heteroatoms. The van der Waals surface area contributed by atoms with Gasteiger partial charge < -0.3 is 5.11 Å². The number of hydrogen-bond donors (Lipinski definition) is 1. The Balaban J connectivity index is 2.43. The molecule has 0 saturated heterocycles. The minimum Gasteiger partial charge on any atom is -0.379 e. The van der Waals surface area contributed by atoms with Crippen molar-refractivity contribution in [3.63, 3.8) is 0 Å². The first-order valence-corrected chi connectivity index (χ1v) is 4.85. The number of nitrogens with zero attached hydrogens (tertiary/aromatic N) is 2. The molecule has 0 aliphatic rings. The van der Waals surface area contributed by atoms with E-state index in [1.165, 1.54) is 42.9 Å². The third kappa shape index (κ3) is 1.92. The van der Waals surface area contributed by atoms with Crippen LogP contribution < -0.4 is 0 Å². The van der Waals surface area contributed by atoms with Crippen LogP contribution >= 0.6 is 0 Å². The quantitative estimate of drug-likeness (QED) is 0.837. The summed E-state index contributed by atoms with van der Waals surface area (Å²) in [4.78, 5) is 7.94. The van der Waals surface area contributed by atoms with Gasteiger partial charge in [-0.2, -0.15) is 0 Å². The van der Waals surface area contributed by atoms with Crippen molar-refractivity contribution < 1.29 is 9.50 Å². The second-order valence-electron chi connectivity index (χ2n) is 3.67. The van der Waals surface area contributed by atoms with E-state index < -0.39 is 5.60 Å². The van der Waals surface area contributed by atoms with Crippen LogP contribution in [0.1, 0.15) is 18.2 Å². The van der Waals surface area contributed by atoms with E-state index in [4.69, 9.17) is 0 Å². The van der Waals surface area contributed by atoms with Gasteiger partial charge in [-0.1, -0.05) is 12.1 Å². The smallest absolute Gasteiger partial charge is 0.130 e. The topological polar surface area (TPSA) is 46.0 Å². The van der Waals surface area contributed by atoms with Crippen LogP contribution in [0.4, 0.5) is 4.39 Å². The molecule has 0 aliphatic carbocycles. The first-order valence-electron chi connectivity index (χ1n) is 4.85. The van der Waals surface area contributed by atoms with Crippen LogP contribution in [0.25, 0.3) is 0 Å². The highest BCUT2D eigenvalue weighted by Gasteiger charge is 2.27. The fourth-order valence-electron chi connectivity index (χ4n) is 1.47. The Morgan fingerprint density at radius 1 is 1.19 bits per heavy atom. The zero-order valence-corrected chi connectivity index (χ0v) is 8.76. The Labute approximate surface area is 92.6 Å². The summed E-state index contributed by atoms with van der Waals surface area (Å²) in [5.74, 6) is -0.335.